The third-order valence-electron chi connectivity index (χ3n) is 13.9. The number of hydroxylamine groups is 5. The molecule has 0 saturated carbocycles. The Labute approximate surface area is 581 Å². The van der Waals surface area contributed by atoms with Crippen LogP contribution in [0.4, 0.5) is 0 Å². The van der Waals surface area contributed by atoms with Gasteiger partial charge in [0.15, 0.2) is 18.9 Å². The molecule has 31 nitrogen and oxygen atoms in total. The molecule has 98 heavy (non-hydrogen) atoms. The van der Waals surface area contributed by atoms with Crippen molar-refractivity contribution < 1.29 is 128 Å². The SMILES string of the molecule is CNC(=O)CCCOc1cc(OC)c(CN(C)OP)c(OC)c1.COc1cc(OCCCC(=O)O)cc(C)c1CNOC1CCCCO1.COc1cc(OCCCC(=O)O)cc(OC)c1C=O.COc1cc(OCCCC(=O)O)cc(OC)c1CN(C)OP.NOC1CCCCO1.O.[3HH].[3HH]. The lowest BCUT2D eigenvalue weighted by Crippen LogP contribution is -2.29. The van der Waals surface area contributed by atoms with E-state index in [9.17, 15) is 24.0 Å². The number of nitrogens with zero attached hydrogens (tertiary/aromatic N) is 2. The predicted molar refractivity (Wildman–Crippen MR) is 370 cm³/mol. The number of carboxylic acid groups (broad SMARTS) is 3. The molecule has 1 amide bonds. The molecule has 0 aliphatic carbocycles. The highest BCUT2D eigenvalue weighted by atomic mass is 31.0. The van der Waals surface area contributed by atoms with E-state index in [1.807, 2.05) is 19.1 Å². The van der Waals surface area contributed by atoms with Crippen LogP contribution in [0.2, 0.25) is 0 Å². The Morgan fingerprint density at radius 1 is 0.551 bits per heavy atom. The van der Waals surface area contributed by atoms with Crippen LogP contribution in [0.5, 0.6) is 63.2 Å². The average molecular weight is 1440 g/mol. The summed E-state index contributed by atoms with van der Waals surface area (Å²) < 4.78 is 80.2. The molecule has 558 valence electrons. The lowest BCUT2D eigenvalue weighted by molar-refractivity contribution is -0.198. The molecule has 6 rings (SSSR count). The highest BCUT2D eigenvalue weighted by Gasteiger charge is 2.20. The maximum atomic E-state index is 11.2. The Hall–Kier alpha value is -7.35. The molecule has 9 N–H and O–H groups in total. The normalized spacial score (nSPS) is 13.6. The van der Waals surface area contributed by atoms with E-state index in [4.69, 9.17) is 96.9 Å². The molecule has 0 spiro atoms. The second-order valence-corrected chi connectivity index (χ2v) is 21.4. The molecule has 4 atom stereocenters. The quantitative estimate of drug-likeness (QED) is 0.0105. The second-order valence-electron chi connectivity index (χ2n) is 21.0. The van der Waals surface area contributed by atoms with Crippen molar-refractivity contribution in [2.24, 2.45) is 5.90 Å². The number of rotatable bonds is 39. The number of ether oxygens (including phenoxy) is 13. The monoisotopic (exact) mass is 1440 g/mol. The number of hydrogen-bond donors (Lipinski definition) is 6. The summed E-state index contributed by atoms with van der Waals surface area (Å²) in [4.78, 5) is 63.5. The van der Waals surface area contributed by atoms with Gasteiger partial charge in [0.2, 0.25) is 5.91 Å². The lowest BCUT2D eigenvalue weighted by atomic mass is 10.1. The summed E-state index contributed by atoms with van der Waals surface area (Å²) in [6, 6.07) is 13.9. The number of nitrogens with one attached hydrogen (secondary N) is 2. The highest BCUT2D eigenvalue weighted by molar-refractivity contribution is 7.09. The summed E-state index contributed by atoms with van der Waals surface area (Å²) in [6.45, 7) is 6.33. The first-order valence-electron chi connectivity index (χ1n) is 31.1. The van der Waals surface area contributed by atoms with E-state index in [1.54, 1.807) is 103 Å². The molecule has 0 aromatic heterocycles. The maximum Gasteiger partial charge on any atom is 0.303 e. The summed E-state index contributed by atoms with van der Waals surface area (Å²) in [6.07, 6.45) is 9.23. The Balaban J connectivity index is 0. The van der Waals surface area contributed by atoms with Crippen molar-refractivity contribution in [1.82, 2.24) is 20.9 Å². The molecular weight excluding hydrogens is 1330 g/mol. The number of aliphatic carboxylic acids is 3. The average Bonchev–Trinajstić information content (AvgIpc) is 0.843. The van der Waals surface area contributed by atoms with E-state index < -0.39 is 17.9 Å². The van der Waals surface area contributed by atoms with Gasteiger partial charge in [-0.1, -0.05) is 0 Å². The standard InChI is InChI=1S/C18H27NO6.C15H25N2O5P.C14H22NO6P.C13H16O6.C5H11NO2.H2O.2H2/c1-13-10-14(23-9-5-6-17(20)21)11-16(22-2)15(13)12-19-25-18-7-3-4-8-24-18;1-16-15(18)6-5-7-21-11-8-13(19-3)12(10-17(2)22-23)14(9-11)20-4;1-15(21-22)9-11-12(18-2)7-10(8-13(11)19-3)20-6-4-5-14(16)17;1-17-11-6-9(19-5-3-4-13(15)16)7-12(18-2)10(11)8-14;6-8-5-3-1-2-4-7-5;;;/h10-11,18-19H,3-9,12H2,1-2H3,(H,20,21);8-9H,5-7,10,23H2,1-4H3,(H,16,18);7-8H,4-6,9,22H2,1-3H3,(H,16,17);6-8H,3-5H2,1-2H3,(H,15,16);5H,1-4,6H2;1H2;2*1H/i;;;;;;2*1+2. The van der Waals surface area contributed by atoms with Gasteiger partial charge in [0.05, 0.1) is 113 Å². The lowest BCUT2D eigenvalue weighted by Gasteiger charge is -2.23. The smallest absolute Gasteiger partial charge is 0.303 e. The summed E-state index contributed by atoms with van der Waals surface area (Å²) in [5, 5.41) is 31.6. The van der Waals surface area contributed by atoms with Crippen LogP contribution in [-0.2, 0) is 67.2 Å². The minimum absolute atomic E-state index is 0. The second kappa shape index (κ2) is 52.7. The van der Waals surface area contributed by atoms with Crippen molar-refractivity contribution in [2.45, 2.75) is 129 Å². The number of methoxy groups -OCH3 is 7. The minimum atomic E-state index is -0.866. The fraction of sp³-hybridized carbons (Fsp3) is 0.554. The summed E-state index contributed by atoms with van der Waals surface area (Å²) in [5.74, 6) is 8.62. The zero-order valence-electron chi connectivity index (χ0n) is 58.1. The van der Waals surface area contributed by atoms with Gasteiger partial charge in [-0.15, -0.1) is 0 Å². The van der Waals surface area contributed by atoms with Crippen LogP contribution in [0.15, 0.2) is 48.5 Å². The fourth-order valence-corrected chi connectivity index (χ4v) is 9.04. The number of carboxylic acids is 3. The maximum absolute atomic E-state index is 11.2. The van der Waals surface area contributed by atoms with Gasteiger partial charge in [0.25, 0.3) is 0 Å². The van der Waals surface area contributed by atoms with Gasteiger partial charge in [-0.05, 0) is 69.9 Å². The van der Waals surface area contributed by atoms with Gasteiger partial charge in [-0.3, -0.25) is 42.9 Å². The zero-order valence-corrected chi connectivity index (χ0v) is 60.4. The summed E-state index contributed by atoms with van der Waals surface area (Å²) in [7, 11) is 20.4. The Morgan fingerprint density at radius 3 is 1.18 bits per heavy atom. The molecule has 33 heteroatoms. The van der Waals surface area contributed by atoms with Crippen LogP contribution in [-0.4, -0.2) is 184 Å². The van der Waals surface area contributed by atoms with Gasteiger partial charge >= 0.3 is 17.9 Å². The van der Waals surface area contributed by atoms with Crippen molar-refractivity contribution in [1.29, 1.82) is 0 Å². The van der Waals surface area contributed by atoms with E-state index in [0.717, 1.165) is 67.6 Å². The Kier molecular flexibility index (Phi) is 47.7. The molecule has 4 aromatic carbocycles. The largest absolute Gasteiger partial charge is 0.496 e. The van der Waals surface area contributed by atoms with E-state index in [2.05, 4.69) is 34.6 Å². The number of aryl methyl sites for hydroxylation is 1. The minimum Gasteiger partial charge on any atom is -0.496 e. The van der Waals surface area contributed by atoms with Crippen LogP contribution in [0.1, 0.15) is 125 Å². The topological polar surface area (TPSA) is 391 Å². The van der Waals surface area contributed by atoms with Gasteiger partial charge in [-0.25, -0.2) is 5.90 Å². The highest BCUT2D eigenvalue weighted by Crippen LogP contribution is 2.38. The van der Waals surface area contributed by atoms with E-state index in [-0.39, 0.29) is 52.7 Å². The van der Waals surface area contributed by atoms with Crippen molar-refractivity contribution in [3.8, 4) is 63.2 Å². The first kappa shape index (κ1) is 88.7. The van der Waals surface area contributed by atoms with Gasteiger partial charge in [0, 0.05) is 143 Å². The molecule has 2 aliphatic rings. The van der Waals surface area contributed by atoms with Crippen LogP contribution >= 0.6 is 18.9 Å². The molecule has 0 radical (unpaired) electrons. The van der Waals surface area contributed by atoms with Crippen molar-refractivity contribution in [3.63, 3.8) is 0 Å². The predicted octanol–water partition coefficient (Wildman–Crippen LogP) is 8.49. The summed E-state index contributed by atoms with van der Waals surface area (Å²) >= 11 is 0. The number of carbonyl (C=O) groups excluding carboxylic acids is 2. The number of hydrogen-bond acceptors (Lipinski definition) is 26. The first-order chi connectivity index (χ1) is 46.7. The van der Waals surface area contributed by atoms with E-state index in [0.29, 0.717) is 147 Å². The third-order valence-corrected chi connectivity index (χ3v) is 14.7. The number of benzene rings is 4. The molecule has 4 aromatic rings. The van der Waals surface area contributed by atoms with Crippen LogP contribution in [0, 0.1) is 6.92 Å². The number of aldehydes is 1. The van der Waals surface area contributed by atoms with E-state index >= 15 is 0 Å². The molecular formula is C65H107N5O26P2. The number of nitrogens with two attached hydrogens (primary N) is 1. The zero-order chi connectivity index (χ0) is 71.9. The molecule has 2 saturated heterocycles. The van der Waals surface area contributed by atoms with Crippen LogP contribution in [0.3, 0.4) is 0 Å². The Morgan fingerprint density at radius 2 is 0.888 bits per heavy atom. The van der Waals surface area contributed by atoms with Crippen molar-refractivity contribution >= 4 is 49.0 Å². The molecule has 2 aliphatic heterocycles. The van der Waals surface area contributed by atoms with Gasteiger partial charge in [0.1, 0.15) is 63.2 Å². The van der Waals surface area contributed by atoms with Crippen molar-refractivity contribution in [2.75, 3.05) is 111 Å². The van der Waals surface area contributed by atoms with Crippen LogP contribution in [0.25, 0.3) is 0 Å². The van der Waals surface area contributed by atoms with Gasteiger partial charge in [-0.2, -0.15) is 15.6 Å². The number of carbonyl (C=O) groups is 5. The molecule has 2 fully saturated rings. The van der Waals surface area contributed by atoms with Gasteiger partial charge < -0.3 is 87.7 Å². The number of amides is 1. The first-order valence-corrected chi connectivity index (χ1v) is 32.0. The van der Waals surface area contributed by atoms with E-state index in [1.165, 1.54) is 20.6 Å². The molecule has 4 unspecified atom stereocenters. The molecule has 2 heterocycles. The summed E-state index contributed by atoms with van der Waals surface area (Å²) in [5.41, 5.74) is 6.94. The molecule has 0 bridgehead atoms. The Bertz CT molecular complexity index is 2860. The van der Waals surface area contributed by atoms with Crippen LogP contribution < -0.4 is 68.8 Å². The third kappa shape index (κ3) is 35.4. The van der Waals surface area contributed by atoms with Crippen molar-refractivity contribution in [3.05, 3.63) is 76.3 Å². The fourth-order valence-electron chi connectivity index (χ4n) is 8.89.